The summed E-state index contributed by atoms with van der Waals surface area (Å²) in [6, 6.07) is 8.49. The van der Waals surface area contributed by atoms with Crippen molar-refractivity contribution in [3.63, 3.8) is 0 Å². The summed E-state index contributed by atoms with van der Waals surface area (Å²) in [7, 11) is 0. The van der Waals surface area contributed by atoms with E-state index in [1.54, 1.807) is 11.3 Å². The van der Waals surface area contributed by atoms with Gasteiger partial charge in [-0.2, -0.15) is 0 Å². The Morgan fingerprint density at radius 2 is 2.06 bits per heavy atom. The zero-order chi connectivity index (χ0) is 12.5. The fraction of sp³-hybridized carbons (Fsp3) is 0.167. The molecule has 4 nitrogen and oxygen atoms in total. The zero-order valence-electron chi connectivity index (χ0n) is 9.83. The van der Waals surface area contributed by atoms with Crippen LogP contribution >= 0.6 is 23.1 Å². The highest BCUT2D eigenvalue weighted by Gasteiger charge is 2.10. The fourth-order valence-corrected chi connectivity index (χ4v) is 3.34. The van der Waals surface area contributed by atoms with Crippen molar-refractivity contribution in [3.05, 3.63) is 29.6 Å². The number of nitrogens with two attached hydrogens (primary N) is 1. The summed E-state index contributed by atoms with van der Waals surface area (Å²) >= 11 is 3.38. The van der Waals surface area contributed by atoms with Crippen molar-refractivity contribution in [2.75, 3.05) is 11.5 Å². The molecule has 0 unspecified atom stereocenters. The van der Waals surface area contributed by atoms with Gasteiger partial charge < -0.3 is 5.73 Å². The van der Waals surface area contributed by atoms with E-state index >= 15 is 0 Å². The molecule has 18 heavy (non-hydrogen) atoms. The van der Waals surface area contributed by atoms with E-state index in [2.05, 4.69) is 46.8 Å². The van der Waals surface area contributed by atoms with Crippen LogP contribution < -0.4 is 5.73 Å². The molecule has 0 atom stereocenters. The molecule has 0 saturated heterocycles. The number of nitrogen functional groups attached to an aromatic ring is 1. The monoisotopic (exact) mass is 276 g/mol. The Hall–Kier alpha value is -1.53. The molecule has 0 aliphatic heterocycles. The highest BCUT2D eigenvalue weighted by Crippen LogP contribution is 2.28. The van der Waals surface area contributed by atoms with Gasteiger partial charge in [-0.3, -0.25) is 4.40 Å². The fourth-order valence-electron chi connectivity index (χ4n) is 1.83. The molecule has 0 fully saturated rings. The Balaban J connectivity index is 2.05. The van der Waals surface area contributed by atoms with Gasteiger partial charge in [-0.15, -0.1) is 33.3 Å². The van der Waals surface area contributed by atoms with Crippen LogP contribution in [0, 0.1) is 0 Å². The number of fused-ring (bicyclic) bond motifs is 1. The number of benzene rings is 1. The van der Waals surface area contributed by atoms with Crippen molar-refractivity contribution in [2.45, 2.75) is 11.8 Å². The Labute approximate surface area is 113 Å². The first-order chi connectivity index (χ1) is 8.79. The van der Waals surface area contributed by atoms with Crippen LogP contribution in [0.3, 0.4) is 0 Å². The van der Waals surface area contributed by atoms with Crippen LogP contribution in [0.15, 0.2) is 34.5 Å². The topological polar surface area (TPSA) is 56.2 Å². The Morgan fingerprint density at radius 1 is 1.28 bits per heavy atom. The van der Waals surface area contributed by atoms with Gasteiger partial charge in [0.15, 0.2) is 0 Å². The molecule has 6 heteroatoms. The van der Waals surface area contributed by atoms with Crippen molar-refractivity contribution in [2.24, 2.45) is 0 Å². The molecule has 0 amide bonds. The normalized spacial score (nSPS) is 11.2. The van der Waals surface area contributed by atoms with Crippen LogP contribution in [0.25, 0.3) is 16.2 Å². The minimum absolute atomic E-state index is 0.438. The molecule has 0 radical (unpaired) electrons. The molecule has 2 aromatic heterocycles. The van der Waals surface area contributed by atoms with Crippen LogP contribution in [0.1, 0.15) is 6.92 Å². The van der Waals surface area contributed by atoms with Crippen molar-refractivity contribution < 1.29 is 0 Å². The van der Waals surface area contributed by atoms with Crippen molar-refractivity contribution in [1.82, 2.24) is 14.6 Å². The van der Waals surface area contributed by atoms with Gasteiger partial charge in [0, 0.05) is 10.3 Å². The lowest BCUT2D eigenvalue weighted by Crippen LogP contribution is -1.94. The predicted octanol–water partition coefficient (Wildman–Crippen LogP) is 3.15. The summed E-state index contributed by atoms with van der Waals surface area (Å²) < 4.78 is 1.88. The Morgan fingerprint density at radius 3 is 2.78 bits per heavy atom. The molecular weight excluding hydrogens is 264 g/mol. The first kappa shape index (κ1) is 11.6. The molecule has 2 N–H and O–H groups in total. The van der Waals surface area contributed by atoms with Gasteiger partial charge in [0.2, 0.25) is 10.9 Å². The summed E-state index contributed by atoms with van der Waals surface area (Å²) in [6.45, 7) is 2.15. The molecule has 3 aromatic rings. The Kier molecular flexibility index (Phi) is 2.97. The number of thioether (sulfide) groups is 1. The van der Waals surface area contributed by atoms with E-state index in [1.807, 2.05) is 16.2 Å². The summed E-state index contributed by atoms with van der Waals surface area (Å²) in [5.41, 5.74) is 8.01. The van der Waals surface area contributed by atoms with Gasteiger partial charge in [-0.1, -0.05) is 19.1 Å². The molecule has 0 bridgehead atoms. The number of rotatable bonds is 3. The maximum absolute atomic E-state index is 5.83. The number of anilines is 1. The largest absolute Gasteiger partial charge is 0.368 e. The van der Waals surface area contributed by atoms with Gasteiger partial charge >= 0.3 is 0 Å². The van der Waals surface area contributed by atoms with E-state index in [9.17, 15) is 0 Å². The summed E-state index contributed by atoms with van der Waals surface area (Å²) in [4.78, 5) is 2.11. The lowest BCUT2D eigenvalue weighted by Gasteiger charge is -2.02. The molecule has 0 spiro atoms. The first-order valence-corrected chi connectivity index (χ1v) is 7.47. The average Bonchev–Trinajstić information content (AvgIpc) is 2.95. The molecule has 0 saturated carbocycles. The van der Waals surface area contributed by atoms with Gasteiger partial charge in [0.1, 0.15) is 0 Å². The summed E-state index contributed by atoms with van der Waals surface area (Å²) in [5.74, 6) is 1.52. The highest BCUT2D eigenvalue weighted by atomic mass is 32.2. The van der Waals surface area contributed by atoms with Crippen molar-refractivity contribution in [3.8, 4) is 11.3 Å². The maximum Gasteiger partial charge on any atom is 0.227 e. The van der Waals surface area contributed by atoms with E-state index in [0.29, 0.717) is 5.95 Å². The lowest BCUT2D eigenvalue weighted by molar-refractivity contribution is 1.12. The molecular formula is C12H12N4S2. The second kappa shape index (κ2) is 4.62. The smallest absolute Gasteiger partial charge is 0.227 e. The van der Waals surface area contributed by atoms with E-state index in [1.165, 1.54) is 4.90 Å². The van der Waals surface area contributed by atoms with Crippen molar-refractivity contribution >= 4 is 34.0 Å². The standard InChI is InChI=1S/C12H12N4S2/c1-2-17-9-5-3-8(4-6-9)10-7-18-12-15-14-11(13)16(10)12/h3-7H,2H2,1H3,(H2,13,14). The first-order valence-electron chi connectivity index (χ1n) is 5.61. The third kappa shape index (κ3) is 1.87. The SMILES string of the molecule is CCSc1ccc(-c2csc3nnc(N)n23)cc1. The minimum atomic E-state index is 0.438. The minimum Gasteiger partial charge on any atom is -0.368 e. The van der Waals surface area contributed by atoms with Crippen LogP contribution in [0.4, 0.5) is 5.95 Å². The van der Waals surface area contributed by atoms with Crippen LogP contribution in [0.2, 0.25) is 0 Å². The number of hydrogen-bond acceptors (Lipinski definition) is 5. The molecule has 0 aliphatic carbocycles. The van der Waals surface area contributed by atoms with Gasteiger partial charge in [-0.25, -0.2) is 0 Å². The van der Waals surface area contributed by atoms with Gasteiger partial charge in [-0.05, 0) is 23.4 Å². The lowest BCUT2D eigenvalue weighted by atomic mass is 10.2. The molecule has 2 heterocycles. The summed E-state index contributed by atoms with van der Waals surface area (Å²) in [5, 5.41) is 9.96. The second-order valence-electron chi connectivity index (χ2n) is 3.75. The zero-order valence-corrected chi connectivity index (χ0v) is 11.5. The highest BCUT2D eigenvalue weighted by molar-refractivity contribution is 7.99. The molecule has 1 aromatic carbocycles. The van der Waals surface area contributed by atoms with E-state index in [-0.39, 0.29) is 0 Å². The second-order valence-corrected chi connectivity index (χ2v) is 5.93. The third-order valence-electron chi connectivity index (χ3n) is 2.64. The maximum atomic E-state index is 5.83. The predicted molar refractivity (Wildman–Crippen MR) is 77.1 cm³/mol. The number of thiazole rings is 1. The quantitative estimate of drug-likeness (QED) is 0.747. The van der Waals surface area contributed by atoms with Gasteiger partial charge in [0.05, 0.1) is 5.69 Å². The van der Waals surface area contributed by atoms with E-state index < -0.39 is 0 Å². The van der Waals surface area contributed by atoms with Crippen LogP contribution in [0.5, 0.6) is 0 Å². The average molecular weight is 276 g/mol. The van der Waals surface area contributed by atoms with E-state index in [0.717, 1.165) is 22.0 Å². The molecule has 0 aliphatic rings. The van der Waals surface area contributed by atoms with Crippen LogP contribution in [-0.2, 0) is 0 Å². The van der Waals surface area contributed by atoms with Crippen LogP contribution in [-0.4, -0.2) is 20.4 Å². The number of aromatic nitrogens is 3. The third-order valence-corrected chi connectivity index (χ3v) is 4.35. The molecule has 92 valence electrons. The van der Waals surface area contributed by atoms with Gasteiger partial charge in [0.25, 0.3) is 0 Å². The van der Waals surface area contributed by atoms with E-state index in [4.69, 9.17) is 5.73 Å². The number of hydrogen-bond donors (Lipinski definition) is 1. The summed E-state index contributed by atoms with van der Waals surface area (Å²) in [6.07, 6.45) is 0. The number of nitrogens with zero attached hydrogens (tertiary/aromatic N) is 3. The van der Waals surface area contributed by atoms with Crippen molar-refractivity contribution in [1.29, 1.82) is 0 Å². The molecule has 3 rings (SSSR count). The Bertz CT molecular complexity index is 669.